The second-order valence-corrected chi connectivity index (χ2v) is 4.52. The molecule has 0 N–H and O–H groups in total. The maximum absolute atomic E-state index is 12.1. The maximum atomic E-state index is 12.1. The Labute approximate surface area is 94.4 Å². The molecule has 0 aliphatic carbocycles. The molecule has 2 atom stereocenters. The number of hydrogen-bond donors (Lipinski definition) is 0. The summed E-state index contributed by atoms with van der Waals surface area (Å²) in [5.41, 5.74) is 0.499. The van der Waals surface area contributed by atoms with Gasteiger partial charge in [0.05, 0.1) is 0 Å². The first-order valence-electron chi connectivity index (χ1n) is 4.34. The molecule has 0 spiro atoms. The van der Waals surface area contributed by atoms with Crippen molar-refractivity contribution < 1.29 is 17.9 Å². The molecule has 0 unspecified atom stereocenters. The molecule has 0 aliphatic heterocycles. The van der Waals surface area contributed by atoms with E-state index in [1.54, 1.807) is 37.3 Å². The van der Waals surface area contributed by atoms with Crippen molar-refractivity contribution in [1.82, 2.24) is 0 Å². The summed E-state index contributed by atoms with van der Waals surface area (Å²) in [6.45, 7) is 1.61. The van der Waals surface area contributed by atoms with Crippen LogP contribution in [0.1, 0.15) is 18.6 Å². The molecule has 0 radical (unpaired) electrons. The second kappa shape index (κ2) is 4.99. The van der Waals surface area contributed by atoms with Gasteiger partial charge < -0.3 is 0 Å². The summed E-state index contributed by atoms with van der Waals surface area (Å²) in [6, 6.07) is 8.31. The highest BCUT2D eigenvalue weighted by atomic mass is 79.9. The van der Waals surface area contributed by atoms with Gasteiger partial charge in [-0.3, -0.25) is 4.74 Å². The molecule has 0 heterocycles. The van der Waals surface area contributed by atoms with E-state index in [-0.39, 0.29) is 0 Å². The lowest BCUT2D eigenvalue weighted by atomic mass is 10.1. The van der Waals surface area contributed by atoms with Crippen LogP contribution >= 0.6 is 15.9 Å². The Bertz CT molecular complexity index is 297. The predicted molar refractivity (Wildman–Crippen MR) is 54.7 cm³/mol. The molecule has 84 valence electrons. The van der Waals surface area contributed by atoms with Crippen molar-refractivity contribution in [2.75, 3.05) is 0 Å². The largest absolute Gasteiger partial charge is 0.523 e. The molecule has 0 saturated carbocycles. The molecule has 5 heteroatoms. The maximum Gasteiger partial charge on any atom is 0.523 e. The van der Waals surface area contributed by atoms with Crippen LogP contribution in [0.25, 0.3) is 0 Å². The highest BCUT2D eigenvalue weighted by Crippen LogP contribution is 2.32. The molecular formula is C10H10BrF3O. The van der Waals surface area contributed by atoms with Crippen LogP contribution in [0.2, 0.25) is 0 Å². The quantitative estimate of drug-likeness (QED) is 0.760. The molecule has 1 nitrogen and oxygen atoms in total. The first kappa shape index (κ1) is 12.5. The first-order valence-corrected chi connectivity index (χ1v) is 5.25. The van der Waals surface area contributed by atoms with Gasteiger partial charge in [0.1, 0.15) is 6.10 Å². The number of hydrogen-bond acceptors (Lipinski definition) is 1. The lowest BCUT2D eigenvalue weighted by Crippen LogP contribution is -2.22. The molecule has 1 rings (SSSR count). The lowest BCUT2D eigenvalue weighted by Gasteiger charge is -2.21. The third-order valence-electron chi connectivity index (χ3n) is 1.81. The van der Waals surface area contributed by atoms with Crippen molar-refractivity contribution in [2.24, 2.45) is 0 Å². The number of alkyl halides is 4. The highest BCUT2D eigenvalue weighted by molar-refractivity contribution is 9.09. The Balaban J connectivity index is 2.85. The van der Waals surface area contributed by atoms with Gasteiger partial charge in [-0.15, -0.1) is 13.2 Å². The van der Waals surface area contributed by atoms with Gasteiger partial charge in [-0.25, -0.2) is 0 Å². The zero-order valence-electron chi connectivity index (χ0n) is 7.96. The summed E-state index contributed by atoms with van der Waals surface area (Å²) in [7, 11) is 0. The van der Waals surface area contributed by atoms with Crippen molar-refractivity contribution in [3.63, 3.8) is 0 Å². The van der Waals surface area contributed by atoms with Crippen LogP contribution in [0.4, 0.5) is 13.2 Å². The smallest absolute Gasteiger partial charge is 0.283 e. The number of ether oxygens (including phenoxy) is 1. The SMILES string of the molecule is C[C@@H](Br)[C@@H](OC(F)(F)F)c1ccccc1. The van der Waals surface area contributed by atoms with Crippen molar-refractivity contribution in [2.45, 2.75) is 24.2 Å². The fourth-order valence-electron chi connectivity index (χ4n) is 1.21. The molecule has 0 aromatic heterocycles. The van der Waals surface area contributed by atoms with E-state index in [0.29, 0.717) is 5.56 Å². The minimum atomic E-state index is -4.62. The normalized spacial score (nSPS) is 16.1. The van der Waals surface area contributed by atoms with E-state index in [1.165, 1.54) is 0 Å². The fraction of sp³-hybridized carbons (Fsp3) is 0.400. The van der Waals surface area contributed by atoms with Gasteiger partial charge in [0, 0.05) is 4.83 Å². The molecule has 15 heavy (non-hydrogen) atoms. The molecule has 1 aromatic carbocycles. The van der Waals surface area contributed by atoms with Crippen LogP contribution in [-0.2, 0) is 4.74 Å². The molecule has 0 saturated heterocycles. The van der Waals surface area contributed by atoms with Gasteiger partial charge in [0.2, 0.25) is 0 Å². The van der Waals surface area contributed by atoms with Gasteiger partial charge in [0.25, 0.3) is 0 Å². The summed E-state index contributed by atoms with van der Waals surface area (Å²) in [6.07, 6.45) is -5.64. The molecule has 1 aromatic rings. The fourth-order valence-corrected chi connectivity index (χ4v) is 1.63. The Morgan fingerprint density at radius 3 is 2.13 bits per heavy atom. The zero-order chi connectivity index (χ0) is 11.5. The van der Waals surface area contributed by atoms with Crippen LogP contribution in [0.5, 0.6) is 0 Å². The molecular weight excluding hydrogens is 273 g/mol. The van der Waals surface area contributed by atoms with Gasteiger partial charge in [-0.05, 0) is 12.5 Å². The predicted octanol–water partition coefficient (Wildman–Crippen LogP) is 4.05. The Morgan fingerprint density at radius 1 is 1.20 bits per heavy atom. The van der Waals surface area contributed by atoms with E-state index in [2.05, 4.69) is 20.7 Å². The van der Waals surface area contributed by atoms with Crippen LogP contribution in [0.15, 0.2) is 30.3 Å². The van der Waals surface area contributed by atoms with Crippen molar-refractivity contribution >= 4 is 15.9 Å². The van der Waals surface area contributed by atoms with E-state index in [9.17, 15) is 13.2 Å². The summed E-state index contributed by atoms with van der Waals surface area (Å²) in [5, 5.41) is 0. The summed E-state index contributed by atoms with van der Waals surface area (Å²) < 4.78 is 40.4. The third kappa shape index (κ3) is 4.22. The molecule has 0 amide bonds. The third-order valence-corrected chi connectivity index (χ3v) is 2.29. The van der Waals surface area contributed by atoms with E-state index in [1.807, 2.05) is 0 Å². The van der Waals surface area contributed by atoms with E-state index in [4.69, 9.17) is 0 Å². The monoisotopic (exact) mass is 282 g/mol. The number of rotatable bonds is 3. The Morgan fingerprint density at radius 2 is 1.73 bits per heavy atom. The van der Waals surface area contributed by atoms with Crippen LogP contribution in [-0.4, -0.2) is 11.2 Å². The van der Waals surface area contributed by atoms with E-state index in [0.717, 1.165) is 0 Å². The van der Waals surface area contributed by atoms with Crippen LogP contribution in [0.3, 0.4) is 0 Å². The van der Waals surface area contributed by atoms with Crippen molar-refractivity contribution in [1.29, 1.82) is 0 Å². The van der Waals surface area contributed by atoms with Gasteiger partial charge in [-0.2, -0.15) is 0 Å². The topological polar surface area (TPSA) is 9.23 Å². The minimum absolute atomic E-state index is 0.415. The van der Waals surface area contributed by atoms with Crippen LogP contribution < -0.4 is 0 Å². The van der Waals surface area contributed by atoms with E-state index >= 15 is 0 Å². The Kier molecular flexibility index (Phi) is 4.16. The van der Waals surface area contributed by atoms with Crippen molar-refractivity contribution in [3.8, 4) is 0 Å². The highest BCUT2D eigenvalue weighted by Gasteiger charge is 2.35. The average molecular weight is 283 g/mol. The van der Waals surface area contributed by atoms with Gasteiger partial charge in [0.15, 0.2) is 0 Å². The van der Waals surface area contributed by atoms with Gasteiger partial charge in [-0.1, -0.05) is 46.3 Å². The second-order valence-electron chi connectivity index (χ2n) is 3.07. The standard InChI is InChI=1S/C10H10BrF3O/c1-7(11)9(15-10(12,13)14)8-5-3-2-4-6-8/h2-7,9H,1H3/t7-,9-/m1/s1. The molecule has 0 bridgehead atoms. The number of benzene rings is 1. The summed E-state index contributed by atoms with van der Waals surface area (Å²) in [5.74, 6) is 0. The van der Waals surface area contributed by atoms with Gasteiger partial charge >= 0.3 is 6.36 Å². The zero-order valence-corrected chi connectivity index (χ0v) is 9.55. The average Bonchev–Trinajstić information content (AvgIpc) is 2.14. The van der Waals surface area contributed by atoms with E-state index < -0.39 is 17.3 Å². The molecule has 0 fully saturated rings. The van der Waals surface area contributed by atoms with Crippen LogP contribution in [0, 0.1) is 0 Å². The lowest BCUT2D eigenvalue weighted by molar-refractivity contribution is -0.344. The Hall–Kier alpha value is -0.550. The minimum Gasteiger partial charge on any atom is -0.283 e. The summed E-state index contributed by atoms with van der Waals surface area (Å²) >= 11 is 3.11. The van der Waals surface area contributed by atoms with Crippen molar-refractivity contribution in [3.05, 3.63) is 35.9 Å². The summed E-state index contributed by atoms with van der Waals surface area (Å²) in [4.78, 5) is -0.415. The molecule has 0 aliphatic rings. The number of halogens is 4. The first-order chi connectivity index (χ1) is 6.90.